The molecule has 0 saturated heterocycles. The predicted molar refractivity (Wildman–Crippen MR) is 92.9 cm³/mol. The van der Waals surface area contributed by atoms with E-state index in [9.17, 15) is 4.79 Å². The molecule has 1 amide bonds. The van der Waals surface area contributed by atoms with Gasteiger partial charge in [-0.25, -0.2) is 0 Å². The molecule has 2 aromatic carbocycles. The van der Waals surface area contributed by atoms with Gasteiger partial charge >= 0.3 is 0 Å². The fourth-order valence-electron chi connectivity index (χ4n) is 2.17. The topological polar surface area (TPSA) is 68.8 Å². The first kappa shape index (κ1) is 17.5. The lowest BCUT2D eigenvalue weighted by Crippen LogP contribution is -2.29. The van der Waals surface area contributed by atoms with Crippen LogP contribution in [-0.4, -0.2) is 33.8 Å². The first-order valence-electron chi connectivity index (χ1n) is 7.51. The van der Waals surface area contributed by atoms with Crippen LogP contribution < -0.4 is 24.8 Å². The Bertz CT molecular complexity index is 688. The molecule has 2 N–H and O–H groups in total. The summed E-state index contributed by atoms with van der Waals surface area (Å²) in [6.45, 7) is 0.587. The van der Waals surface area contributed by atoms with E-state index >= 15 is 0 Å². The first-order valence-corrected chi connectivity index (χ1v) is 7.51. The molecule has 2 aromatic rings. The average molecular weight is 330 g/mol. The van der Waals surface area contributed by atoms with Crippen molar-refractivity contribution in [2.24, 2.45) is 0 Å². The molecule has 0 radical (unpaired) electrons. The Morgan fingerprint density at radius 1 is 0.958 bits per heavy atom. The maximum absolute atomic E-state index is 12.0. The minimum atomic E-state index is -0.115. The van der Waals surface area contributed by atoms with Crippen LogP contribution in [0.2, 0.25) is 0 Å². The summed E-state index contributed by atoms with van der Waals surface area (Å²) in [5.74, 6) is 1.97. The van der Waals surface area contributed by atoms with Gasteiger partial charge in [-0.05, 0) is 29.8 Å². The van der Waals surface area contributed by atoms with E-state index in [1.165, 1.54) is 0 Å². The standard InChI is InChI=1S/C18H22N2O4/c1-22-14-6-4-5-13(9-14)11-20-18(21)12-19-16-8-7-15(23-2)10-17(16)24-3/h4-10,19H,11-12H2,1-3H3,(H,20,21). The van der Waals surface area contributed by atoms with Crippen LogP contribution in [-0.2, 0) is 11.3 Å². The Balaban J connectivity index is 1.86. The van der Waals surface area contributed by atoms with Gasteiger partial charge in [0.15, 0.2) is 0 Å². The molecule has 0 fully saturated rings. The van der Waals surface area contributed by atoms with E-state index in [2.05, 4.69) is 10.6 Å². The lowest BCUT2D eigenvalue weighted by molar-refractivity contribution is -0.119. The summed E-state index contributed by atoms with van der Waals surface area (Å²) >= 11 is 0. The zero-order chi connectivity index (χ0) is 17.4. The van der Waals surface area contributed by atoms with Crippen LogP contribution >= 0.6 is 0 Å². The molecule has 0 aliphatic heterocycles. The molecule has 0 heterocycles. The van der Waals surface area contributed by atoms with E-state index in [1.807, 2.05) is 30.3 Å². The summed E-state index contributed by atoms with van der Waals surface area (Å²) in [4.78, 5) is 12.0. The van der Waals surface area contributed by atoms with Gasteiger partial charge in [0.2, 0.25) is 5.91 Å². The molecule has 0 aliphatic carbocycles. The molecule has 0 saturated carbocycles. The van der Waals surface area contributed by atoms with Crippen molar-refractivity contribution in [3.63, 3.8) is 0 Å². The normalized spacial score (nSPS) is 9.96. The van der Waals surface area contributed by atoms with Crippen LogP contribution in [0.15, 0.2) is 42.5 Å². The molecule has 24 heavy (non-hydrogen) atoms. The maximum atomic E-state index is 12.0. The van der Waals surface area contributed by atoms with E-state index in [1.54, 1.807) is 33.5 Å². The smallest absolute Gasteiger partial charge is 0.239 e. The monoisotopic (exact) mass is 330 g/mol. The quantitative estimate of drug-likeness (QED) is 0.778. The number of rotatable bonds is 8. The second-order valence-corrected chi connectivity index (χ2v) is 5.05. The minimum absolute atomic E-state index is 0.115. The number of nitrogens with one attached hydrogen (secondary N) is 2. The number of benzene rings is 2. The third-order valence-corrected chi connectivity index (χ3v) is 3.47. The highest BCUT2D eigenvalue weighted by Gasteiger charge is 2.07. The van der Waals surface area contributed by atoms with E-state index in [0.29, 0.717) is 18.0 Å². The van der Waals surface area contributed by atoms with Crippen LogP contribution in [0.3, 0.4) is 0 Å². The highest BCUT2D eigenvalue weighted by Crippen LogP contribution is 2.28. The molecule has 0 aliphatic rings. The highest BCUT2D eigenvalue weighted by atomic mass is 16.5. The Morgan fingerprint density at radius 2 is 1.71 bits per heavy atom. The molecule has 0 atom stereocenters. The number of anilines is 1. The number of ether oxygens (including phenoxy) is 3. The van der Waals surface area contributed by atoms with Crippen LogP contribution in [0.4, 0.5) is 5.69 Å². The molecule has 0 unspecified atom stereocenters. The summed E-state index contributed by atoms with van der Waals surface area (Å²) in [6.07, 6.45) is 0. The highest BCUT2D eigenvalue weighted by molar-refractivity contribution is 5.81. The third kappa shape index (κ3) is 4.81. The summed E-state index contributed by atoms with van der Waals surface area (Å²) in [7, 11) is 4.78. The fraction of sp³-hybridized carbons (Fsp3) is 0.278. The number of carbonyl (C=O) groups excluding carboxylic acids is 1. The lowest BCUT2D eigenvalue weighted by atomic mass is 10.2. The first-order chi connectivity index (χ1) is 11.7. The van der Waals surface area contributed by atoms with Gasteiger partial charge in [0.25, 0.3) is 0 Å². The zero-order valence-corrected chi connectivity index (χ0v) is 14.1. The fourth-order valence-corrected chi connectivity index (χ4v) is 2.17. The summed E-state index contributed by atoms with van der Waals surface area (Å²) in [5.41, 5.74) is 1.71. The molecule has 6 nitrogen and oxygen atoms in total. The van der Waals surface area contributed by atoms with Crippen molar-refractivity contribution >= 4 is 11.6 Å². The van der Waals surface area contributed by atoms with Crippen molar-refractivity contribution in [2.75, 3.05) is 33.2 Å². The molecular formula is C18H22N2O4. The number of amides is 1. The Kier molecular flexibility index (Phi) is 6.31. The second-order valence-electron chi connectivity index (χ2n) is 5.05. The molecule has 0 spiro atoms. The van der Waals surface area contributed by atoms with Gasteiger partial charge in [-0.15, -0.1) is 0 Å². The molecular weight excluding hydrogens is 308 g/mol. The number of hydrogen-bond acceptors (Lipinski definition) is 5. The minimum Gasteiger partial charge on any atom is -0.497 e. The Labute approximate surface area is 141 Å². The summed E-state index contributed by atoms with van der Waals surface area (Å²) in [5, 5.41) is 5.91. The van der Waals surface area contributed by atoms with Crippen molar-refractivity contribution in [2.45, 2.75) is 6.54 Å². The number of carbonyl (C=O) groups is 1. The predicted octanol–water partition coefficient (Wildman–Crippen LogP) is 2.44. The molecule has 6 heteroatoms. The van der Waals surface area contributed by atoms with E-state index in [-0.39, 0.29) is 12.5 Å². The van der Waals surface area contributed by atoms with E-state index < -0.39 is 0 Å². The maximum Gasteiger partial charge on any atom is 0.239 e. The van der Waals surface area contributed by atoms with Crippen LogP contribution in [0.1, 0.15) is 5.56 Å². The summed E-state index contributed by atoms with van der Waals surface area (Å²) in [6, 6.07) is 13.0. The Hall–Kier alpha value is -2.89. The Morgan fingerprint density at radius 3 is 2.42 bits per heavy atom. The van der Waals surface area contributed by atoms with E-state index in [4.69, 9.17) is 14.2 Å². The largest absolute Gasteiger partial charge is 0.497 e. The van der Waals surface area contributed by atoms with Gasteiger partial charge in [-0.1, -0.05) is 12.1 Å². The van der Waals surface area contributed by atoms with Crippen molar-refractivity contribution in [1.82, 2.24) is 5.32 Å². The van der Waals surface area contributed by atoms with Gasteiger partial charge in [0.05, 0.1) is 33.6 Å². The SMILES string of the molecule is COc1cccc(CNC(=O)CNc2ccc(OC)cc2OC)c1. The lowest BCUT2D eigenvalue weighted by Gasteiger charge is -2.12. The average Bonchev–Trinajstić information content (AvgIpc) is 2.64. The molecule has 0 bridgehead atoms. The van der Waals surface area contributed by atoms with E-state index in [0.717, 1.165) is 17.0 Å². The van der Waals surface area contributed by atoms with Crippen molar-refractivity contribution in [1.29, 1.82) is 0 Å². The van der Waals surface area contributed by atoms with Gasteiger partial charge in [0.1, 0.15) is 17.2 Å². The number of hydrogen-bond donors (Lipinski definition) is 2. The third-order valence-electron chi connectivity index (χ3n) is 3.47. The second kappa shape index (κ2) is 8.67. The van der Waals surface area contributed by atoms with Crippen molar-refractivity contribution in [3.8, 4) is 17.2 Å². The molecule has 0 aromatic heterocycles. The number of methoxy groups -OCH3 is 3. The van der Waals surface area contributed by atoms with Gasteiger partial charge in [-0.3, -0.25) is 4.79 Å². The molecule has 2 rings (SSSR count). The summed E-state index contributed by atoms with van der Waals surface area (Å²) < 4.78 is 15.6. The van der Waals surface area contributed by atoms with Crippen LogP contribution in [0, 0.1) is 0 Å². The molecule has 128 valence electrons. The van der Waals surface area contributed by atoms with Crippen LogP contribution in [0.25, 0.3) is 0 Å². The van der Waals surface area contributed by atoms with Crippen molar-refractivity contribution in [3.05, 3.63) is 48.0 Å². The zero-order valence-electron chi connectivity index (χ0n) is 14.1. The van der Waals surface area contributed by atoms with Crippen LogP contribution in [0.5, 0.6) is 17.2 Å². The van der Waals surface area contributed by atoms with Gasteiger partial charge in [0, 0.05) is 12.6 Å². The van der Waals surface area contributed by atoms with Crippen molar-refractivity contribution < 1.29 is 19.0 Å². The van der Waals surface area contributed by atoms with Gasteiger partial charge in [-0.2, -0.15) is 0 Å². The van der Waals surface area contributed by atoms with Gasteiger partial charge < -0.3 is 24.8 Å².